The molecule has 4 heteroatoms. The van der Waals surface area contributed by atoms with Crippen molar-refractivity contribution in [1.29, 1.82) is 0 Å². The zero-order valence-electron chi connectivity index (χ0n) is 12.2. The highest BCUT2D eigenvalue weighted by Crippen LogP contribution is 2.25. The van der Waals surface area contributed by atoms with Crippen LogP contribution in [0.15, 0.2) is 42.5 Å². The molecule has 3 rings (SSSR count). The molecule has 0 bridgehead atoms. The standard InChI is InChI=1S/C17H18ClN3/c1-11-9-12(18)7-8-13(11)15(19)10-16-14-5-3-4-6-17(14)21(2)20-16/h3-9,15H,10,19H2,1-2H3. The van der Waals surface area contributed by atoms with Crippen molar-refractivity contribution in [2.45, 2.75) is 19.4 Å². The Kier molecular flexibility index (Phi) is 3.70. The van der Waals surface area contributed by atoms with Crippen molar-refractivity contribution in [2.24, 2.45) is 12.8 Å². The van der Waals surface area contributed by atoms with Crippen LogP contribution in [0.4, 0.5) is 0 Å². The van der Waals surface area contributed by atoms with Crippen molar-refractivity contribution >= 4 is 22.5 Å². The lowest BCUT2D eigenvalue weighted by Crippen LogP contribution is -2.15. The molecule has 0 saturated carbocycles. The Bertz CT molecular complexity index is 792. The number of benzene rings is 2. The van der Waals surface area contributed by atoms with Crippen LogP contribution in [0, 0.1) is 6.92 Å². The van der Waals surface area contributed by atoms with E-state index in [1.807, 2.05) is 49.0 Å². The topological polar surface area (TPSA) is 43.8 Å². The number of fused-ring (bicyclic) bond motifs is 1. The Morgan fingerprint density at radius 3 is 2.76 bits per heavy atom. The molecule has 2 N–H and O–H groups in total. The summed E-state index contributed by atoms with van der Waals surface area (Å²) in [6.07, 6.45) is 0.712. The van der Waals surface area contributed by atoms with E-state index in [0.29, 0.717) is 6.42 Å². The van der Waals surface area contributed by atoms with E-state index >= 15 is 0 Å². The summed E-state index contributed by atoms with van der Waals surface area (Å²) in [7, 11) is 1.96. The summed E-state index contributed by atoms with van der Waals surface area (Å²) in [6, 6.07) is 14.0. The van der Waals surface area contributed by atoms with Gasteiger partial charge in [0.25, 0.3) is 0 Å². The maximum Gasteiger partial charge on any atom is 0.0722 e. The fourth-order valence-electron chi connectivity index (χ4n) is 2.81. The van der Waals surface area contributed by atoms with Gasteiger partial charge in [-0.3, -0.25) is 4.68 Å². The van der Waals surface area contributed by atoms with E-state index in [-0.39, 0.29) is 6.04 Å². The van der Waals surface area contributed by atoms with Crippen LogP contribution < -0.4 is 5.73 Å². The van der Waals surface area contributed by atoms with Crippen LogP contribution in [-0.2, 0) is 13.5 Å². The third-order valence-corrected chi connectivity index (χ3v) is 4.11. The number of nitrogens with two attached hydrogens (primary N) is 1. The summed E-state index contributed by atoms with van der Waals surface area (Å²) in [5, 5.41) is 6.52. The lowest BCUT2D eigenvalue weighted by Gasteiger charge is -2.14. The van der Waals surface area contributed by atoms with Gasteiger partial charge in [0.2, 0.25) is 0 Å². The first-order valence-electron chi connectivity index (χ1n) is 6.98. The number of hydrogen-bond donors (Lipinski definition) is 1. The van der Waals surface area contributed by atoms with Gasteiger partial charge in [0, 0.05) is 29.9 Å². The summed E-state index contributed by atoms with van der Waals surface area (Å²) >= 11 is 6.01. The summed E-state index contributed by atoms with van der Waals surface area (Å²) in [6.45, 7) is 2.04. The lowest BCUT2D eigenvalue weighted by molar-refractivity contribution is 0.679. The molecule has 2 aromatic carbocycles. The van der Waals surface area contributed by atoms with Crippen molar-refractivity contribution in [1.82, 2.24) is 9.78 Å². The van der Waals surface area contributed by atoms with Crippen LogP contribution in [-0.4, -0.2) is 9.78 Å². The first kappa shape index (κ1) is 14.1. The van der Waals surface area contributed by atoms with Crippen LogP contribution in [0.25, 0.3) is 10.9 Å². The van der Waals surface area contributed by atoms with Crippen LogP contribution in [0.1, 0.15) is 22.9 Å². The predicted molar refractivity (Wildman–Crippen MR) is 87.5 cm³/mol. The van der Waals surface area contributed by atoms with Gasteiger partial charge in [-0.1, -0.05) is 35.9 Å². The zero-order chi connectivity index (χ0) is 15.0. The molecule has 1 heterocycles. The molecule has 0 aliphatic rings. The van der Waals surface area contributed by atoms with Gasteiger partial charge in [0.15, 0.2) is 0 Å². The third kappa shape index (κ3) is 2.67. The maximum absolute atomic E-state index is 6.39. The molecule has 0 saturated heterocycles. The lowest BCUT2D eigenvalue weighted by atomic mass is 9.97. The number of aryl methyl sites for hydroxylation is 2. The molecular weight excluding hydrogens is 282 g/mol. The highest BCUT2D eigenvalue weighted by Gasteiger charge is 2.15. The summed E-state index contributed by atoms with van der Waals surface area (Å²) in [5.74, 6) is 0. The molecule has 1 atom stereocenters. The normalized spacial score (nSPS) is 12.8. The molecule has 3 aromatic rings. The van der Waals surface area contributed by atoms with E-state index in [1.165, 1.54) is 5.39 Å². The number of para-hydroxylation sites is 1. The van der Waals surface area contributed by atoms with E-state index in [0.717, 1.165) is 27.4 Å². The Morgan fingerprint density at radius 2 is 2.00 bits per heavy atom. The third-order valence-electron chi connectivity index (χ3n) is 3.88. The average Bonchev–Trinajstić information content (AvgIpc) is 2.76. The minimum Gasteiger partial charge on any atom is -0.324 e. The molecule has 21 heavy (non-hydrogen) atoms. The van der Waals surface area contributed by atoms with Crippen molar-refractivity contribution in [2.75, 3.05) is 0 Å². The van der Waals surface area contributed by atoms with Gasteiger partial charge >= 0.3 is 0 Å². The maximum atomic E-state index is 6.39. The second kappa shape index (κ2) is 5.51. The van der Waals surface area contributed by atoms with Crippen LogP contribution in [0.2, 0.25) is 5.02 Å². The zero-order valence-corrected chi connectivity index (χ0v) is 12.9. The molecule has 1 unspecified atom stereocenters. The number of aromatic nitrogens is 2. The minimum absolute atomic E-state index is 0.0828. The Morgan fingerprint density at radius 1 is 1.24 bits per heavy atom. The van der Waals surface area contributed by atoms with Crippen molar-refractivity contribution in [3.05, 3.63) is 64.3 Å². The van der Waals surface area contributed by atoms with Gasteiger partial charge in [0.05, 0.1) is 11.2 Å². The van der Waals surface area contributed by atoms with Crippen LogP contribution in [0.5, 0.6) is 0 Å². The van der Waals surface area contributed by atoms with Gasteiger partial charge < -0.3 is 5.73 Å². The molecule has 0 aliphatic heterocycles. The second-order valence-corrected chi connectivity index (χ2v) is 5.84. The Balaban J connectivity index is 1.94. The highest BCUT2D eigenvalue weighted by molar-refractivity contribution is 6.30. The van der Waals surface area contributed by atoms with E-state index in [2.05, 4.69) is 17.2 Å². The van der Waals surface area contributed by atoms with Crippen LogP contribution >= 0.6 is 11.6 Å². The van der Waals surface area contributed by atoms with Gasteiger partial charge in [-0.05, 0) is 36.2 Å². The fourth-order valence-corrected chi connectivity index (χ4v) is 3.04. The van der Waals surface area contributed by atoms with E-state index in [4.69, 9.17) is 17.3 Å². The summed E-state index contributed by atoms with van der Waals surface area (Å²) in [5.41, 5.74) is 10.8. The van der Waals surface area contributed by atoms with E-state index in [1.54, 1.807) is 0 Å². The number of hydrogen-bond acceptors (Lipinski definition) is 2. The number of rotatable bonds is 3. The van der Waals surface area contributed by atoms with Gasteiger partial charge in [-0.15, -0.1) is 0 Å². The molecule has 0 fully saturated rings. The molecule has 108 valence electrons. The first-order valence-corrected chi connectivity index (χ1v) is 7.36. The quantitative estimate of drug-likeness (QED) is 0.800. The molecule has 1 aromatic heterocycles. The molecule has 0 radical (unpaired) electrons. The largest absolute Gasteiger partial charge is 0.324 e. The second-order valence-electron chi connectivity index (χ2n) is 5.40. The minimum atomic E-state index is -0.0828. The smallest absolute Gasteiger partial charge is 0.0722 e. The van der Waals surface area contributed by atoms with Crippen molar-refractivity contribution in [3.8, 4) is 0 Å². The number of nitrogens with zero attached hydrogens (tertiary/aromatic N) is 2. The van der Waals surface area contributed by atoms with Crippen molar-refractivity contribution < 1.29 is 0 Å². The highest BCUT2D eigenvalue weighted by atomic mass is 35.5. The van der Waals surface area contributed by atoms with Gasteiger partial charge in [0.1, 0.15) is 0 Å². The van der Waals surface area contributed by atoms with Gasteiger partial charge in [-0.2, -0.15) is 5.10 Å². The molecule has 3 nitrogen and oxygen atoms in total. The SMILES string of the molecule is Cc1cc(Cl)ccc1C(N)Cc1nn(C)c2ccccc12. The summed E-state index contributed by atoms with van der Waals surface area (Å²) < 4.78 is 1.91. The number of halogens is 1. The Hall–Kier alpha value is -1.84. The fraction of sp³-hybridized carbons (Fsp3) is 0.235. The monoisotopic (exact) mass is 299 g/mol. The summed E-state index contributed by atoms with van der Waals surface area (Å²) in [4.78, 5) is 0. The van der Waals surface area contributed by atoms with E-state index in [9.17, 15) is 0 Å². The average molecular weight is 300 g/mol. The Labute approximate surface area is 129 Å². The molecule has 0 amide bonds. The van der Waals surface area contributed by atoms with Gasteiger partial charge in [-0.25, -0.2) is 0 Å². The first-order chi connectivity index (χ1) is 10.1. The molecular formula is C17H18ClN3. The van der Waals surface area contributed by atoms with Crippen LogP contribution in [0.3, 0.4) is 0 Å². The molecule has 0 aliphatic carbocycles. The van der Waals surface area contributed by atoms with E-state index < -0.39 is 0 Å². The predicted octanol–water partition coefficient (Wildman–Crippen LogP) is 3.78. The van der Waals surface area contributed by atoms with Crippen molar-refractivity contribution in [3.63, 3.8) is 0 Å². The molecule has 0 spiro atoms.